The Balaban J connectivity index is 4.43. The summed E-state index contributed by atoms with van der Waals surface area (Å²) in [6, 6.07) is -0.739. The van der Waals surface area contributed by atoms with Crippen molar-refractivity contribution >= 4 is 17.9 Å². The number of unbranched alkanes of at least 4 members (excludes halogenated alkanes) is 15. The number of esters is 2. The number of ether oxygens (including phenoxy) is 3. The summed E-state index contributed by atoms with van der Waals surface area (Å²) >= 11 is 0. The number of carbonyl (C=O) groups excluding carboxylic acids is 3. The highest BCUT2D eigenvalue weighted by Crippen LogP contribution is 2.12. The Morgan fingerprint density at radius 3 is 1.41 bits per heavy atom. The Hall–Kier alpha value is -3.23. The van der Waals surface area contributed by atoms with Crippen LogP contribution in [0.25, 0.3) is 0 Å². The average molecular weight is 826 g/mol. The second kappa shape index (κ2) is 41.5. The summed E-state index contributed by atoms with van der Waals surface area (Å²) in [6.07, 6.45) is 52.1. The number of rotatable bonds is 41. The molecule has 0 aliphatic carbocycles. The van der Waals surface area contributed by atoms with Crippen molar-refractivity contribution in [3.05, 3.63) is 72.9 Å². The van der Waals surface area contributed by atoms with Gasteiger partial charge in [-0.15, -0.1) is 0 Å². The molecule has 0 rings (SSSR count). The summed E-state index contributed by atoms with van der Waals surface area (Å²) in [5.74, 6) is -1.82. The summed E-state index contributed by atoms with van der Waals surface area (Å²) in [5, 5.41) is 11.6. The van der Waals surface area contributed by atoms with Crippen LogP contribution in [0.2, 0.25) is 0 Å². The molecule has 0 saturated carbocycles. The standard InChI is InChI=1S/C51H87NO7/c1-6-8-10-12-14-16-18-20-22-23-24-25-26-27-28-30-32-34-36-38-40-42-50(54)59-47(45-57-44-43-48(51(55)56)52(3,4)5)46-58-49(53)41-39-37-35-33-31-29-21-19-17-15-13-11-9-7-2/h14,16,20,22,24-25,27-29,31-32,34,47-48H,6-13,15,17-19,21,23,26,30,33,35-46H2,1-5H3/b16-14+,22-20+,25-24+,28-27+,31-29+,34-32+. The fourth-order valence-corrected chi connectivity index (χ4v) is 6.38. The maximum absolute atomic E-state index is 12.7. The van der Waals surface area contributed by atoms with Crippen LogP contribution in [0, 0.1) is 0 Å². The largest absolute Gasteiger partial charge is 0.544 e. The summed E-state index contributed by atoms with van der Waals surface area (Å²) in [6.45, 7) is 4.56. The highest BCUT2D eigenvalue weighted by molar-refractivity contribution is 5.70. The molecule has 59 heavy (non-hydrogen) atoms. The number of carboxylic acid groups (broad SMARTS) is 1. The monoisotopic (exact) mass is 826 g/mol. The molecule has 0 aliphatic rings. The highest BCUT2D eigenvalue weighted by atomic mass is 16.6. The molecular formula is C51H87NO7. The highest BCUT2D eigenvalue weighted by Gasteiger charge is 2.25. The third-order valence-corrected chi connectivity index (χ3v) is 10.1. The van der Waals surface area contributed by atoms with E-state index in [0.29, 0.717) is 12.8 Å². The van der Waals surface area contributed by atoms with Gasteiger partial charge in [-0.3, -0.25) is 9.59 Å². The van der Waals surface area contributed by atoms with E-state index in [1.807, 2.05) is 0 Å². The third-order valence-electron chi connectivity index (χ3n) is 10.1. The van der Waals surface area contributed by atoms with Crippen molar-refractivity contribution in [2.24, 2.45) is 0 Å². The predicted molar refractivity (Wildman–Crippen MR) is 245 cm³/mol. The first kappa shape index (κ1) is 55.8. The Bertz CT molecular complexity index is 1190. The Morgan fingerprint density at radius 2 is 0.898 bits per heavy atom. The number of likely N-dealkylation sites (N-methyl/N-ethyl adjacent to an activating group) is 1. The summed E-state index contributed by atoms with van der Waals surface area (Å²) in [5.41, 5.74) is 0. The van der Waals surface area contributed by atoms with Gasteiger partial charge in [0.15, 0.2) is 6.10 Å². The van der Waals surface area contributed by atoms with E-state index in [1.165, 1.54) is 70.6 Å². The molecule has 2 unspecified atom stereocenters. The van der Waals surface area contributed by atoms with Crippen LogP contribution in [0.3, 0.4) is 0 Å². The van der Waals surface area contributed by atoms with Gasteiger partial charge in [-0.25, -0.2) is 0 Å². The van der Waals surface area contributed by atoms with Crippen LogP contribution in [0.15, 0.2) is 72.9 Å². The van der Waals surface area contributed by atoms with Gasteiger partial charge in [-0.05, 0) is 89.9 Å². The van der Waals surface area contributed by atoms with Gasteiger partial charge in [-0.2, -0.15) is 0 Å². The van der Waals surface area contributed by atoms with Crippen molar-refractivity contribution in [3.8, 4) is 0 Å². The smallest absolute Gasteiger partial charge is 0.306 e. The Morgan fingerprint density at radius 1 is 0.508 bits per heavy atom. The van der Waals surface area contributed by atoms with Crippen LogP contribution < -0.4 is 5.11 Å². The van der Waals surface area contributed by atoms with E-state index in [1.54, 1.807) is 21.1 Å². The number of hydrogen-bond acceptors (Lipinski definition) is 7. The predicted octanol–water partition coefficient (Wildman–Crippen LogP) is 11.8. The van der Waals surface area contributed by atoms with Crippen LogP contribution in [-0.2, 0) is 28.6 Å². The minimum atomic E-state index is -1.14. The van der Waals surface area contributed by atoms with E-state index in [9.17, 15) is 19.5 Å². The van der Waals surface area contributed by atoms with E-state index < -0.39 is 18.1 Å². The quantitative estimate of drug-likeness (QED) is 0.0262. The molecule has 0 amide bonds. The molecule has 2 atom stereocenters. The molecule has 0 bridgehead atoms. The fourth-order valence-electron chi connectivity index (χ4n) is 6.38. The Kier molecular flexibility index (Phi) is 39.2. The van der Waals surface area contributed by atoms with Crippen LogP contribution in [0.5, 0.6) is 0 Å². The minimum absolute atomic E-state index is 0.0152. The van der Waals surface area contributed by atoms with Crippen LogP contribution in [0.1, 0.15) is 181 Å². The maximum atomic E-state index is 12.7. The summed E-state index contributed by atoms with van der Waals surface area (Å²) < 4.78 is 17.1. The second-order valence-electron chi connectivity index (χ2n) is 16.6. The van der Waals surface area contributed by atoms with E-state index in [2.05, 4.69) is 86.8 Å². The summed E-state index contributed by atoms with van der Waals surface area (Å²) in [4.78, 5) is 36.9. The average Bonchev–Trinajstić information content (AvgIpc) is 3.19. The van der Waals surface area contributed by atoms with Crippen LogP contribution in [-0.4, -0.2) is 75.5 Å². The van der Waals surface area contributed by atoms with Gasteiger partial charge >= 0.3 is 11.9 Å². The van der Waals surface area contributed by atoms with Gasteiger partial charge in [0.25, 0.3) is 0 Å². The number of aliphatic carboxylic acids is 1. The first-order chi connectivity index (χ1) is 28.6. The maximum Gasteiger partial charge on any atom is 0.306 e. The van der Waals surface area contributed by atoms with Crippen LogP contribution >= 0.6 is 0 Å². The molecule has 0 heterocycles. The lowest BCUT2D eigenvalue weighted by Gasteiger charge is -2.34. The van der Waals surface area contributed by atoms with Crippen LogP contribution in [0.4, 0.5) is 0 Å². The van der Waals surface area contributed by atoms with E-state index in [0.717, 1.165) is 70.6 Å². The molecule has 0 saturated heterocycles. The molecule has 338 valence electrons. The Labute approximate surface area is 361 Å². The molecule has 0 N–H and O–H groups in total. The van der Waals surface area contributed by atoms with Gasteiger partial charge < -0.3 is 28.6 Å². The molecule has 0 spiro atoms. The van der Waals surface area contributed by atoms with Crippen molar-refractivity contribution < 1.29 is 38.2 Å². The van der Waals surface area contributed by atoms with Gasteiger partial charge in [0, 0.05) is 19.3 Å². The van der Waals surface area contributed by atoms with Gasteiger partial charge in [0.1, 0.15) is 12.6 Å². The lowest BCUT2D eigenvalue weighted by molar-refractivity contribution is -0.889. The van der Waals surface area contributed by atoms with Crippen molar-refractivity contribution in [3.63, 3.8) is 0 Å². The molecule has 0 radical (unpaired) electrons. The van der Waals surface area contributed by atoms with Crippen molar-refractivity contribution in [2.75, 3.05) is 41.0 Å². The number of hydrogen-bond donors (Lipinski definition) is 0. The van der Waals surface area contributed by atoms with Gasteiger partial charge in [0.05, 0.1) is 40.3 Å². The van der Waals surface area contributed by atoms with Crippen molar-refractivity contribution in [1.82, 2.24) is 0 Å². The molecular weight excluding hydrogens is 739 g/mol. The first-order valence-electron chi connectivity index (χ1n) is 23.5. The van der Waals surface area contributed by atoms with E-state index in [-0.39, 0.29) is 49.1 Å². The number of carboxylic acids is 1. The lowest BCUT2D eigenvalue weighted by atomic mass is 10.1. The number of nitrogens with zero attached hydrogens (tertiary/aromatic N) is 1. The minimum Gasteiger partial charge on any atom is -0.544 e. The van der Waals surface area contributed by atoms with Gasteiger partial charge in [-0.1, -0.05) is 145 Å². The van der Waals surface area contributed by atoms with E-state index in [4.69, 9.17) is 14.2 Å². The third kappa shape index (κ3) is 40.0. The fraction of sp³-hybridized carbons (Fsp3) is 0.706. The number of quaternary nitrogens is 1. The SMILES string of the molecule is CCCCC/C=C/C/C=C/C/C=C/C/C=C/C/C=C/CCCCC(=O)OC(COCCC(C(=O)[O-])[N+](C)(C)C)COC(=O)CCCCC/C=C/CCCCCCCCC. The zero-order valence-corrected chi connectivity index (χ0v) is 38.4. The molecule has 0 aromatic rings. The number of carbonyl (C=O) groups is 3. The molecule has 8 heteroatoms. The lowest BCUT2D eigenvalue weighted by Crippen LogP contribution is -2.55. The van der Waals surface area contributed by atoms with E-state index >= 15 is 0 Å². The van der Waals surface area contributed by atoms with Crippen molar-refractivity contribution in [1.29, 1.82) is 0 Å². The molecule has 0 aliphatic heterocycles. The topological polar surface area (TPSA) is 102 Å². The first-order valence-corrected chi connectivity index (χ1v) is 23.5. The van der Waals surface area contributed by atoms with Gasteiger partial charge in [0.2, 0.25) is 0 Å². The molecule has 0 aromatic heterocycles. The zero-order valence-electron chi connectivity index (χ0n) is 38.4. The van der Waals surface area contributed by atoms with Crippen molar-refractivity contribution in [2.45, 2.75) is 193 Å². The zero-order chi connectivity index (χ0) is 43.5. The number of allylic oxidation sites excluding steroid dienone is 12. The summed E-state index contributed by atoms with van der Waals surface area (Å²) in [7, 11) is 5.38. The normalized spacial score (nSPS) is 13.6. The molecule has 0 fully saturated rings. The molecule has 8 nitrogen and oxygen atoms in total. The molecule has 0 aromatic carbocycles. The second-order valence-corrected chi connectivity index (χ2v) is 16.6.